The maximum atomic E-state index is 13.9. The fourth-order valence-electron chi connectivity index (χ4n) is 3.60. The van der Waals surface area contributed by atoms with Crippen molar-refractivity contribution in [3.8, 4) is 0 Å². The van der Waals surface area contributed by atoms with Crippen molar-refractivity contribution in [3.05, 3.63) is 90.2 Å². The first kappa shape index (κ1) is 23.1. The van der Waals surface area contributed by atoms with Gasteiger partial charge in [0.15, 0.2) is 11.6 Å². The van der Waals surface area contributed by atoms with E-state index in [2.05, 4.69) is 10.9 Å². The van der Waals surface area contributed by atoms with Crippen molar-refractivity contribution in [2.75, 3.05) is 4.90 Å². The molecule has 3 aromatic carbocycles. The lowest BCUT2D eigenvalue weighted by Crippen LogP contribution is -2.83. The van der Waals surface area contributed by atoms with Gasteiger partial charge in [-0.15, -0.1) is 0 Å². The molecule has 1 aliphatic rings. The normalized spacial score (nSPS) is 21.8. The number of hydrogen-bond donors (Lipinski definition) is 2. The Balaban J connectivity index is 1.49. The SMILES string of the molecule is O=C(NNC1C([O-])C(N(c2ccc(F)cc2)c2ccc(F)c(F)c2)C1[O-])Sc1ccccc1. The minimum Gasteiger partial charge on any atom is -0.849 e. The second-order valence-electron chi connectivity index (χ2n) is 7.36. The van der Waals surface area contributed by atoms with E-state index >= 15 is 0 Å². The van der Waals surface area contributed by atoms with Gasteiger partial charge >= 0.3 is 0 Å². The fourth-order valence-corrected chi connectivity index (χ4v) is 4.22. The van der Waals surface area contributed by atoms with E-state index < -0.39 is 47.0 Å². The van der Waals surface area contributed by atoms with Gasteiger partial charge in [0.2, 0.25) is 0 Å². The Bertz CT molecular complexity index is 1110. The van der Waals surface area contributed by atoms with E-state index in [1.54, 1.807) is 30.3 Å². The Hall–Kier alpha value is -3.05. The molecule has 10 heteroatoms. The van der Waals surface area contributed by atoms with Gasteiger partial charge in [0.1, 0.15) is 5.82 Å². The first-order chi connectivity index (χ1) is 15.8. The maximum Gasteiger partial charge on any atom is 0.298 e. The summed E-state index contributed by atoms with van der Waals surface area (Å²) < 4.78 is 40.7. The number of rotatable bonds is 6. The minimum absolute atomic E-state index is 0.0781. The summed E-state index contributed by atoms with van der Waals surface area (Å²) in [7, 11) is 0. The number of halogens is 3. The molecule has 2 atom stereocenters. The Morgan fingerprint density at radius 3 is 2.12 bits per heavy atom. The van der Waals surface area contributed by atoms with Crippen LogP contribution in [0.2, 0.25) is 0 Å². The number of nitrogens with zero attached hydrogens (tertiary/aromatic N) is 1. The predicted octanol–water partition coefficient (Wildman–Crippen LogP) is 2.46. The van der Waals surface area contributed by atoms with Crippen molar-refractivity contribution in [1.29, 1.82) is 0 Å². The molecule has 0 saturated heterocycles. The molecule has 4 rings (SSSR count). The van der Waals surface area contributed by atoms with Crippen LogP contribution in [0.3, 0.4) is 0 Å². The Labute approximate surface area is 192 Å². The van der Waals surface area contributed by atoms with E-state index in [4.69, 9.17) is 0 Å². The van der Waals surface area contributed by atoms with Crippen LogP contribution < -0.4 is 26.0 Å². The maximum absolute atomic E-state index is 13.9. The number of nitrogens with one attached hydrogen (secondary N) is 2. The molecule has 0 aliphatic heterocycles. The second-order valence-corrected chi connectivity index (χ2v) is 8.41. The summed E-state index contributed by atoms with van der Waals surface area (Å²) in [4.78, 5) is 14.0. The number of carbonyl (C=O) groups is 1. The molecule has 0 aromatic heterocycles. The molecule has 0 radical (unpaired) electrons. The molecule has 0 heterocycles. The molecule has 2 unspecified atom stereocenters. The van der Waals surface area contributed by atoms with Crippen LogP contribution in [-0.4, -0.2) is 29.5 Å². The number of thioether (sulfide) groups is 1. The van der Waals surface area contributed by atoms with Crippen molar-refractivity contribution in [2.24, 2.45) is 0 Å². The lowest BCUT2D eigenvalue weighted by Gasteiger charge is -2.64. The number of anilines is 2. The van der Waals surface area contributed by atoms with Gasteiger partial charge in [-0.25, -0.2) is 18.6 Å². The summed E-state index contributed by atoms with van der Waals surface area (Å²) in [6.07, 6.45) is -3.04. The molecule has 1 aliphatic carbocycles. The monoisotopic (exact) mass is 473 g/mol. The van der Waals surface area contributed by atoms with Crippen molar-refractivity contribution in [1.82, 2.24) is 10.9 Å². The molecular weight excluding hydrogens is 455 g/mol. The number of benzene rings is 3. The van der Waals surface area contributed by atoms with Crippen molar-refractivity contribution in [2.45, 2.75) is 29.2 Å². The zero-order valence-electron chi connectivity index (χ0n) is 17.0. The van der Waals surface area contributed by atoms with E-state index in [1.165, 1.54) is 23.1 Å². The highest BCUT2D eigenvalue weighted by Crippen LogP contribution is 2.36. The van der Waals surface area contributed by atoms with E-state index in [0.717, 1.165) is 36.0 Å². The van der Waals surface area contributed by atoms with Gasteiger partial charge in [0.05, 0.1) is 0 Å². The number of hydrogen-bond acceptors (Lipinski definition) is 6. The largest absolute Gasteiger partial charge is 0.849 e. The summed E-state index contributed by atoms with van der Waals surface area (Å²) in [6, 6.07) is 14.4. The fraction of sp³-hybridized carbons (Fsp3) is 0.174. The van der Waals surface area contributed by atoms with Crippen LogP contribution in [-0.2, 0) is 0 Å². The van der Waals surface area contributed by atoms with Gasteiger partial charge in [-0.1, -0.05) is 30.4 Å². The lowest BCUT2D eigenvalue weighted by atomic mass is 9.78. The molecule has 2 N–H and O–H groups in total. The highest BCUT2D eigenvalue weighted by atomic mass is 32.2. The van der Waals surface area contributed by atoms with Crippen molar-refractivity contribution < 1.29 is 28.2 Å². The van der Waals surface area contributed by atoms with Crippen LogP contribution in [0.4, 0.5) is 29.3 Å². The molecule has 6 nitrogen and oxygen atoms in total. The molecule has 0 spiro atoms. The smallest absolute Gasteiger partial charge is 0.298 e. The molecule has 33 heavy (non-hydrogen) atoms. The molecule has 0 bridgehead atoms. The first-order valence-electron chi connectivity index (χ1n) is 9.95. The Kier molecular flexibility index (Phi) is 6.89. The molecule has 1 saturated carbocycles. The third-order valence-corrected chi connectivity index (χ3v) is 6.06. The van der Waals surface area contributed by atoms with Gasteiger partial charge in [0.25, 0.3) is 5.24 Å². The summed E-state index contributed by atoms with van der Waals surface area (Å²) in [5.74, 6) is -2.77. The third kappa shape index (κ3) is 4.98. The van der Waals surface area contributed by atoms with Gasteiger partial charge in [-0.05, 0) is 60.3 Å². The minimum atomic E-state index is -1.52. The summed E-state index contributed by atoms with van der Waals surface area (Å²) >= 11 is 0.888. The average molecular weight is 473 g/mol. The van der Waals surface area contributed by atoms with E-state index in [0.29, 0.717) is 4.90 Å². The molecule has 3 aromatic rings. The van der Waals surface area contributed by atoms with Crippen LogP contribution in [0.1, 0.15) is 0 Å². The summed E-state index contributed by atoms with van der Waals surface area (Å²) in [5.41, 5.74) is 5.20. The Morgan fingerprint density at radius 2 is 1.48 bits per heavy atom. The van der Waals surface area contributed by atoms with Crippen LogP contribution >= 0.6 is 11.8 Å². The second kappa shape index (κ2) is 9.84. The van der Waals surface area contributed by atoms with Crippen LogP contribution in [0.25, 0.3) is 0 Å². The van der Waals surface area contributed by atoms with Gasteiger partial charge in [-0.3, -0.25) is 10.2 Å². The van der Waals surface area contributed by atoms with Crippen LogP contribution in [0, 0.1) is 17.5 Å². The molecule has 1 fully saturated rings. The summed E-state index contributed by atoms with van der Waals surface area (Å²) in [6.45, 7) is 0. The zero-order valence-corrected chi connectivity index (χ0v) is 17.8. The van der Waals surface area contributed by atoms with E-state index in [9.17, 15) is 28.2 Å². The van der Waals surface area contributed by atoms with Gasteiger partial charge in [-0.2, -0.15) is 0 Å². The highest BCUT2D eigenvalue weighted by molar-refractivity contribution is 8.13. The number of hydrazine groups is 1. The first-order valence-corrected chi connectivity index (χ1v) is 10.8. The van der Waals surface area contributed by atoms with Gasteiger partial charge < -0.3 is 15.1 Å². The summed E-state index contributed by atoms with van der Waals surface area (Å²) in [5, 5.41) is 25.4. The van der Waals surface area contributed by atoms with Crippen molar-refractivity contribution >= 4 is 28.4 Å². The van der Waals surface area contributed by atoms with Crippen molar-refractivity contribution in [3.63, 3.8) is 0 Å². The Morgan fingerprint density at radius 1 is 0.848 bits per heavy atom. The lowest BCUT2D eigenvalue weighted by molar-refractivity contribution is -0.533. The quantitative estimate of drug-likeness (QED) is 0.422. The number of amides is 1. The molecular formula is C23H18F3N3O3S-2. The average Bonchev–Trinajstić information content (AvgIpc) is 2.81. The molecule has 172 valence electrons. The van der Waals surface area contributed by atoms with Crippen LogP contribution in [0.15, 0.2) is 77.7 Å². The topological polar surface area (TPSA) is 90.5 Å². The van der Waals surface area contributed by atoms with Gasteiger partial charge in [0, 0.05) is 34.4 Å². The van der Waals surface area contributed by atoms with E-state index in [1.807, 2.05) is 0 Å². The highest BCUT2D eigenvalue weighted by Gasteiger charge is 2.41. The molecule has 1 amide bonds. The van der Waals surface area contributed by atoms with Crippen LogP contribution in [0.5, 0.6) is 0 Å². The predicted molar refractivity (Wildman–Crippen MR) is 114 cm³/mol. The standard InChI is InChI=1S/C23H18F3N3O3S/c24-13-6-8-14(9-7-13)29(15-10-11-17(25)18(26)12-15)20-21(30)19(22(20)31)27-28-23(32)33-16-4-2-1-3-5-16/h1-12,19-22,27H,(H,28,32)/q-2. The third-order valence-electron chi connectivity index (χ3n) is 5.26. The number of carbonyl (C=O) groups excluding carboxylic acids is 1. The zero-order chi connectivity index (χ0) is 23.5. The van der Waals surface area contributed by atoms with E-state index in [-0.39, 0.29) is 11.4 Å².